The molecule has 0 bridgehead atoms. The third-order valence-corrected chi connectivity index (χ3v) is 5.51. The molecule has 1 heterocycles. The minimum absolute atomic E-state index is 0.0755. The number of benzene rings is 2. The molecule has 0 N–H and O–H groups in total. The van der Waals surface area contributed by atoms with Crippen LogP contribution in [0.15, 0.2) is 65.1 Å². The van der Waals surface area contributed by atoms with Crippen LogP contribution in [0.25, 0.3) is 0 Å². The van der Waals surface area contributed by atoms with E-state index in [1.54, 1.807) is 0 Å². The summed E-state index contributed by atoms with van der Waals surface area (Å²) in [4.78, 5) is 17.1. The van der Waals surface area contributed by atoms with E-state index >= 15 is 0 Å². The first-order valence-electron chi connectivity index (χ1n) is 9.75. The van der Waals surface area contributed by atoms with Crippen LogP contribution in [-0.2, 0) is 0 Å². The molecule has 2 aromatic carbocycles. The second kappa shape index (κ2) is 9.58. The van der Waals surface area contributed by atoms with Gasteiger partial charge in [0.1, 0.15) is 5.69 Å². The van der Waals surface area contributed by atoms with Crippen LogP contribution < -0.4 is 4.90 Å². The molecule has 0 aromatic heterocycles. The fourth-order valence-corrected chi connectivity index (χ4v) is 3.39. The Labute approximate surface area is 181 Å². The molecule has 8 nitrogen and oxygen atoms in total. The lowest BCUT2D eigenvalue weighted by Crippen LogP contribution is -2.39. The van der Waals surface area contributed by atoms with Crippen molar-refractivity contribution < 1.29 is 4.92 Å². The fraction of sp³-hybridized carbons (Fsp3) is 0.333. The Morgan fingerprint density at radius 1 is 1.17 bits per heavy atom. The van der Waals surface area contributed by atoms with Gasteiger partial charge in [0.15, 0.2) is 0 Å². The van der Waals surface area contributed by atoms with Gasteiger partial charge in [0.2, 0.25) is 0 Å². The Morgan fingerprint density at radius 3 is 2.47 bits per heavy atom. The number of hydrogen-bond donors (Lipinski definition) is 0. The van der Waals surface area contributed by atoms with Crippen LogP contribution in [0.1, 0.15) is 13.8 Å². The number of hydrogen-bond acceptors (Lipinski definition) is 7. The summed E-state index contributed by atoms with van der Waals surface area (Å²) < 4.78 is 0. The van der Waals surface area contributed by atoms with Crippen molar-refractivity contribution in [2.24, 2.45) is 10.2 Å². The molecule has 2 aromatic rings. The number of anilines is 1. The Bertz CT molecular complexity index is 947. The monoisotopic (exact) mass is 428 g/mol. The highest BCUT2D eigenvalue weighted by molar-refractivity contribution is 6.33. The van der Waals surface area contributed by atoms with Gasteiger partial charge in [-0.25, -0.2) is 0 Å². The predicted octanol–water partition coefficient (Wildman–Crippen LogP) is 5.55. The maximum absolute atomic E-state index is 10.8. The highest BCUT2D eigenvalue weighted by Gasteiger charge is 2.18. The summed E-state index contributed by atoms with van der Waals surface area (Å²) in [6.07, 6.45) is 4.60. The number of nitrogens with zero attached hydrogens (tertiary/aromatic N) is 6. The molecule has 30 heavy (non-hydrogen) atoms. The van der Waals surface area contributed by atoms with Crippen molar-refractivity contribution in [2.75, 3.05) is 31.6 Å². The minimum Gasteiger partial charge on any atom is -0.370 e. The number of azo groups is 1. The molecule has 0 amide bonds. The summed E-state index contributed by atoms with van der Waals surface area (Å²) in [6, 6.07) is 11.9. The number of likely N-dealkylation sites (N-methyl/N-ethyl adjacent to an activating group) is 1. The fourth-order valence-electron chi connectivity index (χ4n) is 3.17. The van der Waals surface area contributed by atoms with E-state index in [0.717, 1.165) is 25.3 Å². The first kappa shape index (κ1) is 21.6. The Hall–Kier alpha value is -3.13. The first-order chi connectivity index (χ1) is 14.4. The van der Waals surface area contributed by atoms with Crippen LogP contribution in [0.2, 0.25) is 5.02 Å². The zero-order chi connectivity index (χ0) is 21.7. The molecule has 0 saturated carbocycles. The van der Waals surface area contributed by atoms with Crippen LogP contribution in [0.5, 0.6) is 0 Å². The van der Waals surface area contributed by atoms with Crippen LogP contribution in [0.3, 0.4) is 0 Å². The standard InChI is InChI=1S/C21H25ClN6O2/c1-4-26(13-14-27-12-11-25(3)16(27)2)18-7-5-17(6-8-18)23-24-21-10-9-19(28(29)30)15-20(21)22/h5-12,15-16H,4,13-14H2,1-3H3. The van der Waals surface area contributed by atoms with Crippen LogP contribution in [0, 0.1) is 10.1 Å². The van der Waals surface area contributed by atoms with Crippen LogP contribution >= 0.6 is 11.6 Å². The largest absolute Gasteiger partial charge is 0.370 e. The van der Waals surface area contributed by atoms with Crippen molar-refractivity contribution in [3.05, 3.63) is 70.0 Å². The third kappa shape index (κ3) is 5.07. The van der Waals surface area contributed by atoms with E-state index in [1.807, 2.05) is 24.3 Å². The average molecular weight is 429 g/mol. The van der Waals surface area contributed by atoms with Crippen LogP contribution in [-0.4, -0.2) is 47.6 Å². The summed E-state index contributed by atoms with van der Waals surface area (Å²) in [7, 11) is 2.08. The lowest BCUT2D eigenvalue weighted by Gasteiger charge is -2.30. The zero-order valence-electron chi connectivity index (χ0n) is 17.3. The van der Waals surface area contributed by atoms with Gasteiger partial charge in [-0.3, -0.25) is 10.1 Å². The van der Waals surface area contributed by atoms with Gasteiger partial charge in [0, 0.05) is 56.9 Å². The van der Waals surface area contributed by atoms with Gasteiger partial charge in [0.05, 0.1) is 21.8 Å². The van der Waals surface area contributed by atoms with Crippen molar-refractivity contribution in [1.82, 2.24) is 9.80 Å². The van der Waals surface area contributed by atoms with Crippen molar-refractivity contribution >= 4 is 34.4 Å². The number of nitro benzene ring substituents is 1. The molecular formula is C21H25ClN6O2. The lowest BCUT2D eigenvalue weighted by atomic mass is 10.2. The van der Waals surface area contributed by atoms with Crippen molar-refractivity contribution in [1.29, 1.82) is 0 Å². The van der Waals surface area contributed by atoms with Crippen molar-refractivity contribution in [2.45, 2.75) is 20.0 Å². The van der Waals surface area contributed by atoms with Gasteiger partial charge in [-0.1, -0.05) is 11.6 Å². The molecule has 1 atom stereocenters. The zero-order valence-corrected chi connectivity index (χ0v) is 18.0. The predicted molar refractivity (Wildman–Crippen MR) is 120 cm³/mol. The normalized spacial score (nSPS) is 15.9. The summed E-state index contributed by atoms with van der Waals surface area (Å²) in [6.45, 7) is 7.09. The SMILES string of the molecule is CCN(CCN1C=CN(C)C1C)c1ccc(N=Nc2ccc([N+](=O)[O-])cc2Cl)cc1. The Kier molecular flexibility index (Phi) is 6.89. The highest BCUT2D eigenvalue weighted by atomic mass is 35.5. The van der Waals surface area contributed by atoms with Crippen LogP contribution in [0.4, 0.5) is 22.7 Å². The second-order valence-electron chi connectivity index (χ2n) is 7.02. The van der Waals surface area contributed by atoms with Gasteiger partial charge in [-0.05, 0) is 44.2 Å². The van der Waals surface area contributed by atoms with Gasteiger partial charge in [0.25, 0.3) is 5.69 Å². The Morgan fingerprint density at radius 2 is 1.90 bits per heavy atom. The number of rotatable bonds is 8. The molecule has 1 aliphatic heterocycles. The van der Waals surface area contributed by atoms with Gasteiger partial charge in [-0.2, -0.15) is 5.11 Å². The molecule has 1 unspecified atom stereocenters. The maximum atomic E-state index is 10.8. The van der Waals surface area contributed by atoms with Crippen molar-refractivity contribution in [3.8, 4) is 0 Å². The summed E-state index contributed by atoms with van der Waals surface area (Å²) in [5, 5.41) is 19.3. The molecule has 158 valence electrons. The average Bonchev–Trinajstić information content (AvgIpc) is 3.06. The first-order valence-corrected chi connectivity index (χ1v) is 10.1. The smallest absolute Gasteiger partial charge is 0.271 e. The van der Waals surface area contributed by atoms with Crippen molar-refractivity contribution in [3.63, 3.8) is 0 Å². The van der Waals surface area contributed by atoms with E-state index in [9.17, 15) is 10.1 Å². The molecular weight excluding hydrogens is 404 g/mol. The molecule has 0 radical (unpaired) electrons. The second-order valence-corrected chi connectivity index (χ2v) is 7.43. The van der Waals surface area contributed by atoms with E-state index in [-0.39, 0.29) is 10.7 Å². The number of nitro groups is 1. The van der Waals surface area contributed by atoms with Gasteiger partial charge in [-0.15, -0.1) is 5.11 Å². The third-order valence-electron chi connectivity index (χ3n) is 5.20. The summed E-state index contributed by atoms with van der Waals surface area (Å²) >= 11 is 6.06. The Balaban J connectivity index is 1.63. The quantitative estimate of drug-likeness (QED) is 0.312. The van der Waals surface area contributed by atoms with E-state index in [0.29, 0.717) is 17.5 Å². The number of halogens is 1. The molecule has 0 fully saturated rings. The minimum atomic E-state index is -0.496. The molecule has 0 spiro atoms. The number of non-ortho nitro benzene ring substituents is 1. The van der Waals surface area contributed by atoms with Gasteiger partial charge >= 0.3 is 0 Å². The van der Waals surface area contributed by atoms with Gasteiger partial charge < -0.3 is 14.7 Å². The van der Waals surface area contributed by atoms with E-state index in [4.69, 9.17) is 11.6 Å². The lowest BCUT2D eigenvalue weighted by molar-refractivity contribution is -0.384. The molecule has 1 aliphatic rings. The molecule has 9 heteroatoms. The molecule has 0 saturated heterocycles. The van der Waals surface area contributed by atoms with E-state index < -0.39 is 4.92 Å². The summed E-state index contributed by atoms with van der Waals surface area (Å²) in [5.41, 5.74) is 2.11. The molecule has 3 rings (SSSR count). The summed E-state index contributed by atoms with van der Waals surface area (Å²) in [5.74, 6) is 0. The van der Waals surface area contributed by atoms with E-state index in [2.05, 4.69) is 58.2 Å². The maximum Gasteiger partial charge on any atom is 0.271 e. The van der Waals surface area contributed by atoms with E-state index in [1.165, 1.54) is 18.2 Å². The molecule has 0 aliphatic carbocycles. The highest BCUT2D eigenvalue weighted by Crippen LogP contribution is 2.30. The topological polar surface area (TPSA) is 77.6 Å².